The van der Waals surface area contributed by atoms with Gasteiger partial charge in [0, 0.05) is 30.3 Å². The smallest absolute Gasteiger partial charge is 0.334 e. The lowest BCUT2D eigenvalue weighted by Gasteiger charge is -2.13. The number of Topliss-reactive ketones (excluding diaryl/α,β-unsaturated/α-hetero) is 1. The molecule has 0 amide bonds. The van der Waals surface area contributed by atoms with Gasteiger partial charge >= 0.3 is 5.97 Å². The van der Waals surface area contributed by atoms with Crippen LogP contribution in [0.4, 0.5) is 0 Å². The largest absolute Gasteiger partial charge is 0.336 e. The van der Waals surface area contributed by atoms with Crippen molar-refractivity contribution in [2.75, 3.05) is 0 Å². The van der Waals surface area contributed by atoms with Crippen molar-refractivity contribution in [3.63, 3.8) is 0 Å². The molecule has 0 aromatic carbocycles. The molecular formula is C21H16N2O3S2. The number of ketones is 1. The molecule has 7 heteroatoms. The first-order valence-electron chi connectivity index (χ1n) is 8.61. The van der Waals surface area contributed by atoms with E-state index in [4.69, 9.17) is 29.3 Å². The van der Waals surface area contributed by atoms with Crippen molar-refractivity contribution < 1.29 is 14.4 Å². The number of pyridine rings is 1. The molecule has 1 aliphatic rings. The van der Waals surface area contributed by atoms with Crippen molar-refractivity contribution in [3.05, 3.63) is 69.7 Å². The number of carbonyl (C=O) groups excluding carboxylic acids is 2. The predicted molar refractivity (Wildman–Crippen MR) is 108 cm³/mol. The highest BCUT2D eigenvalue weighted by Gasteiger charge is 2.16. The molecule has 0 N–H and O–H groups in total. The van der Waals surface area contributed by atoms with Crippen LogP contribution in [0.5, 0.6) is 0 Å². The summed E-state index contributed by atoms with van der Waals surface area (Å²) < 4.78 is 3.77. The quantitative estimate of drug-likeness (QED) is 0.520. The third-order valence-corrected chi connectivity index (χ3v) is 4.66. The fraction of sp³-hybridized carbons (Fsp3) is 0.238. The van der Waals surface area contributed by atoms with Gasteiger partial charge in [-0.25, -0.2) is 4.79 Å². The van der Waals surface area contributed by atoms with Crippen molar-refractivity contribution in [1.29, 1.82) is 0 Å². The van der Waals surface area contributed by atoms with Crippen LogP contribution in [0.3, 0.4) is 0 Å². The van der Waals surface area contributed by atoms with Gasteiger partial charge in [0.25, 0.3) is 0 Å². The summed E-state index contributed by atoms with van der Waals surface area (Å²) in [6.45, 7) is 0.142. The normalized spacial score (nSPS) is 14.9. The fourth-order valence-corrected chi connectivity index (χ4v) is 2.97. The van der Waals surface area contributed by atoms with Crippen molar-refractivity contribution in [2.24, 2.45) is 5.92 Å². The van der Waals surface area contributed by atoms with Crippen molar-refractivity contribution in [3.8, 4) is 11.8 Å². The summed E-state index contributed by atoms with van der Waals surface area (Å²) in [6.07, 6.45) is 7.28. The number of aromatic nitrogens is 2. The molecule has 0 saturated heterocycles. The second kappa shape index (κ2) is 9.27. The maximum atomic E-state index is 12.2. The van der Waals surface area contributed by atoms with Gasteiger partial charge in [0.15, 0.2) is 5.78 Å². The van der Waals surface area contributed by atoms with E-state index in [0.717, 1.165) is 5.57 Å². The zero-order valence-corrected chi connectivity index (χ0v) is 16.5. The van der Waals surface area contributed by atoms with Gasteiger partial charge in [0.05, 0.1) is 13.0 Å². The summed E-state index contributed by atoms with van der Waals surface area (Å²) in [6, 6.07) is 11.3. The highest BCUT2D eigenvalue weighted by atomic mass is 32.1. The molecule has 1 unspecified atom stereocenters. The Morgan fingerprint density at radius 3 is 2.79 bits per heavy atom. The van der Waals surface area contributed by atoms with E-state index in [1.807, 2.05) is 6.08 Å². The van der Waals surface area contributed by atoms with Gasteiger partial charge in [0.1, 0.15) is 9.28 Å². The van der Waals surface area contributed by atoms with Crippen LogP contribution in [-0.2, 0) is 16.1 Å². The van der Waals surface area contributed by atoms with E-state index >= 15 is 0 Å². The molecule has 2 heterocycles. The third kappa shape index (κ3) is 5.50. The second-order valence-electron chi connectivity index (χ2n) is 6.19. The molecule has 2 aromatic rings. The minimum atomic E-state index is -0.403. The number of hydrogen-bond acceptors (Lipinski definition) is 5. The lowest BCUT2D eigenvalue weighted by Crippen LogP contribution is -2.22. The number of carbonyl (C=O) groups is 2. The third-order valence-electron chi connectivity index (χ3n) is 3.98. The Kier molecular flexibility index (Phi) is 6.54. The molecule has 140 valence electrons. The van der Waals surface area contributed by atoms with Gasteiger partial charge in [-0.2, -0.15) is 4.73 Å². The molecular weight excluding hydrogens is 392 g/mol. The summed E-state index contributed by atoms with van der Waals surface area (Å²) in [5.74, 6) is 5.46. The van der Waals surface area contributed by atoms with Gasteiger partial charge < -0.3 is 4.84 Å². The molecule has 0 radical (unpaired) electrons. The van der Waals surface area contributed by atoms with Gasteiger partial charge in [-0.15, -0.1) is 0 Å². The van der Waals surface area contributed by atoms with E-state index in [9.17, 15) is 9.59 Å². The van der Waals surface area contributed by atoms with Crippen molar-refractivity contribution in [1.82, 2.24) is 9.30 Å². The van der Waals surface area contributed by atoms with Crippen LogP contribution >= 0.6 is 24.4 Å². The molecule has 0 spiro atoms. The highest BCUT2D eigenvalue weighted by molar-refractivity contribution is 7.71. The number of nitrogens with zero attached hydrogens (tertiary/aromatic N) is 2. The molecule has 2 aromatic heterocycles. The fourth-order valence-electron chi connectivity index (χ4n) is 2.61. The molecule has 0 bridgehead atoms. The molecule has 0 saturated carbocycles. The molecule has 28 heavy (non-hydrogen) atoms. The predicted octanol–water partition coefficient (Wildman–Crippen LogP) is 3.30. The number of allylic oxidation sites excluding steroid dienone is 2. The second-order valence-corrected chi connectivity index (χ2v) is 7.03. The zero-order valence-electron chi connectivity index (χ0n) is 14.9. The van der Waals surface area contributed by atoms with Crippen LogP contribution in [0, 0.1) is 39.3 Å². The highest BCUT2D eigenvalue weighted by Crippen LogP contribution is 2.17. The van der Waals surface area contributed by atoms with E-state index in [-0.39, 0.29) is 31.1 Å². The summed E-state index contributed by atoms with van der Waals surface area (Å²) in [5, 5.41) is 0. The molecule has 3 rings (SSSR count). The Morgan fingerprint density at radius 1 is 1.21 bits per heavy atom. The van der Waals surface area contributed by atoms with E-state index < -0.39 is 5.97 Å². The topological polar surface area (TPSA) is 53.2 Å². The van der Waals surface area contributed by atoms with E-state index in [0.29, 0.717) is 15.7 Å². The van der Waals surface area contributed by atoms with Crippen LogP contribution in [0.2, 0.25) is 0 Å². The Bertz CT molecular complexity index is 1100. The van der Waals surface area contributed by atoms with Crippen molar-refractivity contribution in [2.45, 2.75) is 25.8 Å². The zero-order chi connectivity index (χ0) is 19.9. The van der Waals surface area contributed by atoms with Gasteiger partial charge in [0.2, 0.25) is 0 Å². The Morgan fingerprint density at radius 2 is 2.07 bits per heavy atom. The summed E-state index contributed by atoms with van der Waals surface area (Å²) in [7, 11) is 0. The minimum absolute atomic E-state index is 0.0104. The Balaban J connectivity index is 1.50. The van der Waals surface area contributed by atoms with Crippen LogP contribution < -0.4 is 4.84 Å². The first-order chi connectivity index (χ1) is 13.5. The lowest BCUT2D eigenvalue weighted by atomic mass is 9.94. The molecule has 0 fully saturated rings. The maximum absolute atomic E-state index is 12.2. The summed E-state index contributed by atoms with van der Waals surface area (Å²) in [5.41, 5.74) is 0.756. The molecule has 1 aliphatic carbocycles. The summed E-state index contributed by atoms with van der Waals surface area (Å²) >= 11 is 10.2. The van der Waals surface area contributed by atoms with Gasteiger partial charge in [-0.1, -0.05) is 54.5 Å². The van der Waals surface area contributed by atoms with Crippen LogP contribution in [0.15, 0.2) is 48.2 Å². The van der Waals surface area contributed by atoms with Gasteiger partial charge in [-0.05, 0) is 30.7 Å². The van der Waals surface area contributed by atoms with E-state index in [2.05, 4.69) is 24.1 Å². The van der Waals surface area contributed by atoms with Crippen LogP contribution in [0.25, 0.3) is 0 Å². The summed E-state index contributed by atoms with van der Waals surface area (Å²) in [4.78, 5) is 29.5. The SMILES string of the molecule is O=C(CC1=CCC(CC(=O)On2ccccc2=S)C#C1)Cn1c#cccc1=S. The van der Waals surface area contributed by atoms with E-state index in [1.54, 1.807) is 41.1 Å². The average Bonchev–Trinajstić information content (AvgIpc) is 2.67. The first-order valence-corrected chi connectivity index (χ1v) is 9.43. The molecule has 5 nitrogen and oxygen atoms in total. The van der Waals surface area contributed by atoms with E-state index in [1.165, 1.54) is 4.73 Å². The van der Waals surface area contributed by atoms with Gasteiger partial charge in [-0.3, -0.25) is 9.36 Å². The molecule has 0 aliphatic heterocycles. The Labute approximate surface area is 173 Å². The van der Waals surface area contributed by atoms with Crippen LogP contribution in [0.1, 0.15) is 19.3 Å². The first kappa shape index (κ1) is 19.8. The lowest BCUT2D eigenvalue weighted by molar-refractivity contribution is -0.145. The standard InChI is InChI=1S/C21H16N2O3S2/c24-18(15-22-11-3-1-5-19(22)27)13-16-7-9-17(10-8-16)14-21(25)26-23-12-4-2-6-20(23)28/h1-2,4-7,12,17H,9,13-15H2. The maximum Gasteiger partial charge on any atom is 0.334 e. The van der Waals surface area contributed by atoms with Crippen LogP contribution in [-0.4, -0.2) is 21.1 Å². The monoisotopic (exact) mass is 408 g/mol. The number of hydrogen-bond donors (Lipinski definition) is 0. The number of rotatable bonds is 7. The minimum Gasteiger partial charge on any atom is -0.336 e. The Hall–Kier alpha value is -3.00. The average molecular weight is 409 g/mol. The van der Waals surface area contributed by atoms with Crippen molar-refractivity contribution >= 4 is 36.2 Å². The molecule has 1 atom stereocenters.